The Morgan fingerprint density at radius 1 is 1.14 bits per heavy atom. The van der Waals surface area contributed by atoms with Crippen LogP contribution in [-0.2, 0) is 6.42 Å². The molecule has 21 heavy (non-hydrogen) atoms. The fourth-order valence-corrected chi connectivity index (χ4v) is 2.82. The Morgan fingerprint density at radius 3 is 2.29 bits per heavy atom. The molecule has 0 fully saturated rings. The highest BCUT2D eigenvalue weighted by Gasteiger charge is 2.17. The molecule has 1 aromatic carbocycles. The number of hydrogen-bond acceptors (Lipinski definition) is 1. The van der Waals surface area contributed by atoms with Crippen molar-refractivity contribution in [1.29, 1.82) is 0 Å². The first-order valence-corrected chi connectivity index (χ1v) is 8.29. The Bertz CT molecular complexity index is 391. The van der Waals surface area contributed by atoms with E-state index in [-0.39, 0.29) is 11.4 Å². The first kappa shape index (κ1) is 18.2. The van der Waals surface area contributed by atoms with Gasteiger partial charge >= 0.3 is 0 Å². The summed E-state index contributed by atoms with van der Waals surface area (Å²) in [6, 6.07) is 6.98. The Kier molecular flexibility index (Phi) is 7.37. The lowest BCUT2D eigenvalue weighted by atomic mass is 9.87. The maximum Gasteiger partial charge on any atom is 0.123 e. The van der Waals surface area contributed by atoms with Gasteiger partial charge in [0.25, 0.3) is 0 Å². The molecule has 0 aliphatic carbocycles. The van der Waals surface area contributed by atoms with Gasteiger partial charge in [0.2, 0.25) is 0 Å². The number of benzene rings is 1. The summed E-state index contributed by atoms with van der Waals surface area (Å²) in [5.74, 6) is 1.21. The molecular weight excluding hydrogens is 261 g/mol. The van der Waals surface area contributed by atoms with Gasteiger partial charge in [-0.25, -0.2) is 4.39 Å². The van der Waals surface area contributed by atoms with E-state index in [1.807, 2.05) is 12.1 Å². The van der Waals surface area contributed by atoms with Crippen LogP contribution in [0.2, 0.25) is 0 Å². The summed E-state index contributed by atoms with van der Waals surface area (Å²) >= 11 is 0. The first-order chi connectivity index (χ1) is 9.80. The molecule has 0 radical (unpaired) electrons. The van der Waals surface area contributed by atoms with Crippen molar-refractivity contribution < 1.29 is 4.39 Å². The molecule has 1 nitrogen and oxygen atoms in total. The fraction of sp³-hybridized carbons (Fsp3) is 0.684. The van der Waals surface area contributed by atoms with Crippen molar-refractivity contribution in [3.05, 3.63) is 35.6 Å². The van der Waals surface area contributed by atoms with Crippen LogP contribution in [0, 0.1) is 17.7 Å². The quantitative estimate of drug-likeness (QED) is 0.694. The molecular formula is C19H32FN. The van der Waals surface area contributed by atoms with E-state index in [2.05, 4.69) is 39.9 Å². The average molecular weight is 293 g/mol. The van der Waals surface area contributed by atoms with Gasteiger partial charge in [-0.05, 0) is 69.7 Å². The van der Waals surface area contributed by atoms with Gasteiger partial charge in [-0.2, -0.15) is 0 Å². The van der Waals surface area contributed by atoms with Crippen LogP contribution in [0.25, 0.3) is 0 Å². The minimum atomic E-state index is -0.150. The average Bonchev–Trinajstić information content (AvgIpc) is 2.38. The van der Waals surface area contributed by atoms with E-state index in [1.165, 1.54) is 24.8 Å². The van der Waals surface area contributed by atoms with E-state index in [9.17, 15) is 4.39 Å². The van der Waals surface area contributed by atoms with E-state index in [4.69, 9.17) is 0 Å². The topological polar surface area (TPSA) is 12.0 Å². The Labute approximate surface area is 130 Å². The second kappa shape index (κ2) is 8.53. The van der Waals surface area contributed by atoms with Crippen LogP contribution in [0.4, 0.5) is 4.39 Å². The SMILES string of the molecule is CCCC(C)CC(CNC(C)(C)C)Cc1ccc(F)cc1. The summed E-state index contributed by atoms with van der Waals surface area (Å²) in [5, 5.41) is 3.63. The summed E-state index contributed by atoms with van der Waals surface area (Å²) in [6.45, 7) is 12.2. The fourth-order valence-electron chi connectivity index (χ4n) is 2.82. The van der Waals surface area contributed by atoms with E-state index in [0.29, 0.717) is 5.92 Å². The van der Waals surface area contributed by atoms with Gasteiger partial charge in [-0.3, -0.25) is 0 Å². The zero-order valence-electron chi connectivity index (χ0n) is 14.4. The maximum atomic E-state index is 13.0. The van der Waals surface area contributed by atoms with E-state index < -0.39 is 0 Å². The van der Waals surface area contributed by atoms with Gasteiger partial charge in [0.15, 0.2) is 0 Å². The Balaban J connectivity index is 2.63. The summed E-state index contributed by atoms with van der Waals surface area (Å²) < 4.78 is 13.0. The Hall–Kier alpha value is -0.890. The predicted octanol–water partition coefficient (Wildman–Crippen LogP) is 5.20. The van der Waals surface area contributed by atoms with Crippen LogP contribution in [0.15, 0.2) is 24.3 Å². The minimum Gasteiger partial charge on any atom is -0.312 e. The standard InChI is InChI=1S/C19H32FN/c1-6-7-15(2)12-17(14-21-19(3,4)5)13-16-8-10-18(20)11-9-16/h8-11,15,17,21H,6-7,12-14H2,1-5H3. The molecule has 0 saturated carbocycles. The van der Waals surface area contributed by atoms with Crippen LogP contribution in [0.1, 0.15) is 59.4 Å². The van der Waals surface area contributed by atoms with Gasteiger partial charge in [0, 0.05) is 5.54 Å². The highest BCUT2D eigenvalue weighted by atomic mass is 19.1. The van der Waals surface area contributed by atoms with Crippen molar-refractivity contribution in [2.75, 3.05) is 6.54 Å². The third-order valence-corrected chi connectivity index (χ3v) is 3.88. The molecule has 0 spiro atoms. The zero-order chi connectivity index (χ0) is 15.9. The van der Waals surface area contributed by atoms with Crippen LogP contribution >= 0.6 is 0 Å². The number of halogens is 1. The summed E-state index contributed by atoms with van der Waals surface area (Å²) in [5.41, 5.74) is 1.38. The predicted molar refractivity (Wildman–Crippen MR) is 90.0 cm³/mol. The second-order valence-electron chi connectivity index (χ2n) is 7.46. The lowest BCUT2D eigenvalue weighted by Gasteiger charge is -2.27. The van der Waals surface area contributed by atoms with Crippen molar-refractivity contribution in [1.82, 2.24) is 5.32 Å². The van der Waals surface area contributed by atoms with Crippen molar-refractivity contribution >= 4 is 0 Å². The van der Waals surface area contributed by atoms with Crippen molar-refractivity contribution in [3.63, 3.8) is 0 Å². The smallest absolute Gasteiger partial charge is 0.123 e. The largest absolute Gasteiger partial charge is 0.312 e. The molecule has 0 heterocycles. The third-order valence-electron chi connectivity index (χ3n) is 3.88. The normalized spacial score (nSPS) is 15.0. The molecule has 1 rings (SSSR count). The molecule has 0 amide bonds. The monoisotopic (exact) mass is 293 g/mol. The van der Waals surface area contributed by atoms with Gasteiger partial charge in [-0.1, -0.05) is 38.8 Å². The summed E-state index contributed by atoms with van der Waals surface area (Å²) in [7, 11) is 0. The van der Waals surface area contributed by atoms with Crippen LogP contribution in [0.3, 0.4) is 0 Å². The van der Waals surface area contributed by atoms with Gasteiger partial charge in [-0.15, -0.1) is 0 Å². The van der Waals surface area contributed by atoms with Gasteiger partial charge < -0.3 is 5.32 Å². The summed E-state index contributed by atoms with van der Waals surface area (Å²) in [4.78, 5) is 0. The molecule has 120 valence electrons. The minimum absolute atomic E-state index is 0.148. The number of rotatable bonds is 8. The van der Waals surface area contributed by atoms with E-state index in [1.54, 1.807) is 12.1 Å². The number of hydrogen-bond donors (Lipinski definition) is 1. The second-order valence-corrected chi connectivity index (χ2v) is 7.46. The van der Waals surface area contributed by atoms with Crippen molar-refractivity contribution in [2.45, 2.75) is 65.8 Å². The van der Waals surface area contributed by atoms with E-state index in [0.717, 1.165) is 18.9 Å². The highest BCUT2D eigenvalue weighted by molar-refractivity contribution is 5.16. The first-order valence-electron chi connectivity index (χ1n) is 8.29. The molecule has 1 aromatic rings. The van der Waals surface area contributed by atoms with Crippen molar-refractivity contribution in [3.8, 4) is 0 Å². The van der Waals surface area contributed by atoms with Gasteiger partial charge in [0.1, 0.15) is 5.82 Å². The molecule has 0 saturated heterocycles. The lowest BCUT2D eigenvalue weighted by Crippen LogP contribution is -2.40. The lowest BCUT2D eigenvalue weighted by molar-refractivity contribution is 0.315. The molecule has 2 unspecified atom stereocenters. The van der Waals surface area contributed by atoms with Crippen molar-refractivity contribution in [2.24, 2.45) is 11.8 Å². The van der Waals surface area contributed by atoms with Gasteiger partial charge in [0.05, 0.1) is 0 Å². The van der Waals surface area contributed by atoms with E-state index >= 15 is 0 Å². The molecule has 0 aliphatic rings. The summed E-state index contributed by atoms with van der Waals surface area (Å²) in [6.07, 6.45) is 4.79. The zero-order valence-corrected chi connectivity index (χ0v) is 14.4. The molecule has 2 heteroatoms. The molecule has 0 aromatic heterocycles. The molecule has 2 atom stereocenters. The third kappa shape index (κ3) is 8.21. The Morgan fingerprint density at radius 2 is 1.76 bits per heavy atom. The highest BCUT2D eigenvalue weighted by Crippen LogP contribution is 2.21. The molecule has 0 bridgehead atoms. The van der Waals surface area contributed by atoms with Crippen LogP contribution < -0.4 is 5.32 Å². The van der Waals surface area contributed by atoms with Crippen LogP contribution in [0.5, 0.6) is 0 Å². The van der Waals surface area contributed by atoms with Crippen LogP contribution in [-0.4, -0.2) is 12.1 Å². The maximum absolute atomic E-state index is 13.0. The molecule has 0 aliphatic heterocycles. The number of nitrogens with one attached hydrogen (secondary N) is 1. The molecule has 1 N–H and O–H groups in total.